The molecule has 0 bridgehead atoms. The Labute approximate surface area is 78.2 Å². The van der Waals surface area contributed by atoms with Gasteiger partial charge in [0.1, 0.15) is 0 Å². The lowest BCUT2D eigenvalue weighted by Crippen LogP contribution is -2.38. The minimum atomic E-state index is -0.950. The van der Waals surface area contributed by atoms with Gasteiger partial charge >= 0.3 is 0 Å². The van der Waals surface area contributed by atoms with Gasteiger partial charge in [0.05, 0.1) is 38.4 Å². The molecule has 0 aliphatic heterocycles. The van der Waals surface area contributed by atoms with Crippen molar-refractivity contribution in [1.29, 1.82) is 0 Å². The van der Waals surface area contributed by atoms with Crippen molar-refractivity contribution in [3.63, 3.8) is 0 Å². The van der Waals surface area contributed by atoms with Crippen LogP contribution in [0.15, 0.2) is 0 Å². The molecule has 0 spiro atoms. The number of aliphatic hydroxyl groups is 3. The van der Waals surface area contributed by atoms with Gasteiger partial charge in [-0.05, 0) is 0 Å². The van der Waals surface area contributed by atoms with E-state index in [4.69, 9.17) is 26.5 Å². The molecule has 0 aliphatic carbocycles. The molecule has 4 heteroatoms. The average molecular weight is 188 g/mol. The van der Waals surface area contributed by atoms with Crippen molar-refractivity contribution in [2.24, 2.45) is 5.41 Å². The van der Waals surface area contributed by atoms with E-state index in [2.05, 4.69) is 5.92 Å². The summed E-state index contributed by atoms with van der Waals surface area (Å²) in [6.45, 7) is -0.446. The van der Waals surface area contributed by atoms with Crippen molar-refractivity contribution in [2.45, 2.75) is 6.42 Å². The molecule has 0 amide bonds. The molecule has 0 radical (unpaired) electrons. The van der Waals surface area contributed by atoms with Gasteiger partial charge in [-0.3, -0.25) is 0 Å². The maximum Gasteiger partial charge on any atom is 0.0629 e. The molecule has 0 fully saturated rings. The van der Waals surface area contributed by atoms with Gasteiger partial charge in [-0.25, -0.2) is 0 Å². The minimum absolute atomic E-state index is 0.109. The predicted molar refractivity (Wildman–Crippen MR) is 48.0 cm³/mol. The molecule has 76 valence electrons. The molecule has 0 heterocycles. The number of terminal acetylenes is 1. The SMILES string of the molecule is C#CCCOCC(CO)(CO)CO. The zero-order chi connectivity index (χ0) is 10.2. The first-order chi connectivity index (χ1) is 6.24. The Morgan fingerprint density at radius 2 is 1.69 bits per heavy atom. The molecule has 0 atom stereocenters. The molecule has 0 aromatic carbocycles. The lowest BCUT2D eigenvalue weighted by atomic mass is 9.93. The van der Waals surface area contributed by atoms with E-state index in [1.54, 1.807) is 0 Å². The van der Waals surface area contributed by atoms with Gasteiger partial charge in [0, 0.05) is 6.42 Å². The Bertz CT molecular complexity index is 149. The maximum atomic E-state index is 8.89. The van der Waals surface area contributed by atoms with Crippen LogP contribution in [0.1, 0.15) is 6.42 Å². The Morgan fingerprint density at radius 3 is 2.08 bits per heavy atom. The van der Waals surface area contributed by atoms with Crippen LogP contribution in [0, 0.1) is 17.8 Å². The van der Waals surface area contributed by atoms with Gasteiger partial charge in [0.2, 0.25) is 0 Å². The molecule has 0 saturated heterocycles. The normalized spacial score (nSPS) is 11.2. The Hall–Kier alpha value is -0.600. The lowest BCUT2D eigenvalue weighted by molar-refractivity contribution is -0.0566. The monoisotopic (exact) mass is 188 g/mol. The van der Waals surface area contributed by atoms with E-state index < -0.39 is 5.41 Å². The smallest absolute Gasteiger partial charge is 0.0629 e. The fraction of sp³-hybridized carbons (Fsp3) is 0.778. The van der Waals surface area contributed by atoms with E-state index in [-0.39, 0.29) is 26.4 Å². The molecule has 0 aromatic heterocycles. The summed E-state index contributed by atoms with van der Waals surface area (Å²) < 4.78 is 5.09. The highest BCUT2D eigenvalue weighted by molar-refractivity contribution is 4.83. The predicted octanol–water partition coefficient (Wildman–Crippen LogP) is -1.01. The largest absolute Gasteiger partial charge is 0.396 e. The topological polar surface area (TPSA) is 69.9 Å². The van der Waals surface area contributed by atoms with Crippen LogP contribution in [-0.2, 0) is 4.74 Å². The second kappa shape index (κ2) is 6.87. The summed E-state index contributed by atoms with van der Waals surface area (Å²) in [6, 6.07) is 0. The maximum absolute atomic E-state index is 8.89. The quantitative estimate of drug-likeness (QED) is 0.353. The molecule has 0 aromatic rings. The van der Waals surface area contributed by atoms with E-state index >= 15 is 0 Å². The minimum Gasteiger partial charge on any atom is -0.396 e. The number of rotatable bonds is 7. The van der Waals surface area contributed by atoms with Gasteiger partial charge in [0.25, 0.3) is 0 Å². The van der Waals surface area contributed by atoms with Crippen molar-refractivity contribution in [3.8, 4) is 12.3 Å². The van der Waals surface area contributed by atoms with Crippen LogP contribution in [0.25, 0.3) is 0 Å². The first-order valence-corrected chi connectivity index (χ1v) is 4.08. The van der Waals surface area contributed by atoms with E-state index in [1.807, 2.05) is 0 Å². The summed E-state index contributed by atoms with van der Waals surface area (Å²) in [4.78, 5) is 0. The number of hydrogen-bond acceptors (Lipinski definition) is 4. The standard InChI is InChI=1S/C9H16O4/c1-2-3-4-13-8-9(5-10,6-11)7-12/h1,10-12H,3-8H2. The Kier molecular flexibility index (Phi) is 6.55. The highest BCUT2D eigenvalue weighted by atomic mass is 16.5. The van der Waals surface area contributed by atoms with Crippen molar-refractivity contribution >= 4 is 0 Å². The molecule has 0 unspecified atom stereocenters. The Balaban J connectivity index is 3.76. The third kappa shape index (κ3) is 4.25. The molecule has 4 nitrogen and oxygen atoms in total. The van der Waals surface area contributed by atoms with Gasteiger partial charge in [-0.15, -0.1) is 12.3 Å². The molecule has 0 aliphatic rings. The van der Waals surface area contributed by atoms with E-state index in [0.29, 0.717) is 13.0 Å². The van der Waals surface area contributed by atoms with Crippen LogP contribution >= 0.6 is 0 Å². The van der Waals surface area contributed by atoms with Crippen LogP contribution in [-0.4, -0.2) is 48.4 Å². The van der Waals surface area contributed by atoms with Crippen LogP contribution in [0.3, 0.4) is 0 Å². The third-order valence-electron chi connectivity index (χ3n) is 1.81. The molecule has 3 N–H and O–H groups in total. The van der Waals surface area contributed by atoms with Crippen LogP contribution in [0.5, 0.6) is 0 Å². The summed E-state index contributed by atoms with van der Waals surface area (Å²) in [7, 11) is 0. The summed E-state index contributed by atoms with van der Waals surface area (Å²) in [6.07, 6.45) is 5.48. The first-order valence-electron chi connectivity index (χ1n) is 4.08. The number of hydrogen-bond donors (Lipinski definition) is 3. The summed E-state index contributed by atoms with van der Waals surface area (Å²) in [5, 5.41) is 26.7. The highest BCUT2D eigenvalue weighted by Crippen LogP contribution is 2.14. The summed E-state index contributed by atoms with van der Waals surface area (Å²) in [5.74, 6) is 2.40. The van der Waals surface area contributed by atoms with Crippen molar-refractivity contribution in [1.82, 2.24) is 0 Å². The van der Waals surface area contributed by atoms with Gasteiger partial charge < -0.3 is 20.1 Å². The van der Waals surface area contributed by atoms with Gasteiger partial charge in [0.15, 0.2) is 0 Å². The first kappa shape index (κ1) is 12.4. The summed E-state index contributed by atoms with van der Waals surface area (Å²) in [5.41, 5.74) is -0.950. The van der Waals surface area contributed by atoms with Crippen LogP contribution in [0.4, 0.5) is 0 Å². The third-order valence-corrected chi connectivity index (χ3v) is 1.81. The fourth-order valence-electron chi connectivity index (χ4n) is 0.707. The Morgan fingerprint density at radius 1 is 1.15 bits per heavy atom. The van der Waals surface area contributed by atoms with Crippen molar-refractivity contribution in [2.75, 3.05) is 33.0 Å². The summed E-state index contributed by atoms with van der Waals surface area (Å²) >= 11 is 0. The van der Waals surface area contributed by atoms with Gasteiger partial charge in [-0.1, -0.05) is 0 Å². The average Bonchev–Trinajstić information content (AvgIpc) is 2.20. The van der Waals surface area contributed by atoms with E-state index in [9.17, 15) is 0 Å². The molecule has 0 saturated carbocycles. The van der Waals surface area contributed by atoms with Crippen molar-refractivity contribution in [3.05, 3.63) is 0 Å². The number of ether oxygens (including phenoxy) is 1. The van der Waals surface area contributed by atoms with Gasteiger partial charge in [-0.2, -0.15) is 0 Å². The molecule has 0 rings (SSSR count). The van der Waals surface area contributed by atoms with Crippen molar-refractivity contribution < 1.29 is 20.1 Å². The van der Waals surface area contributed by atoms with Crippen LogP contribution < -0.4 is 0 Å². The molecular weight excluding hydrogens is 172 g/mol. The second-order valence-electron chi connectivity index (χ2n) is 2.98. The van der Waals surface area contributed by atoms with E-state index in [1.165, 1.54) is 0 Å². The molecule has 13 heavy (non-hydrogen) atoms. The van der Waals surface area contributed by atoms with Crippen LogP contribution in [0.2, 0.25) is 0 Å². The van der Waals surface area contributed by atoms with E-state index in [0.717, 1.165) is 0 Å². The second-order valence-corrected chi connectivity index (χ2v) is 2.98. The zero-order valence-electron chi connectivity index (χ0n) is 7.57. The number of aliphatic hydroxyl groups excluding tert-OH is 3. The highest BCUT2D eigenvalue weighted by Gasteiger charge is 2.28. The zero-order valence-corrected chi connectivity index (χ0v) is 7.57. The molecular formula is C9H16O4. The fourth-order valence-corrected chi connectivity index (χ4v) is 0.707. The lowest BCUT2D eigenvalue weighted by Gasteiger charge is -2.26.